The third kappa shape index (κ3) is 5.32. The highest BCUT2D eigenvalue weighted by Gasteiger charge is 2.28. The van der Waals surface area contributed by atoms with E-state index in [0.717, 1.165) is 6.42 Å². The molecule has 150 valence electrons. The first-order valence-corrected chi connectivity index (χ1v) is 9.75. The van der Waals surface area contributed by atoms with Crippen molar-refractivity contribution in [3.8, 4) is 11.1 Å². The maximum atomic E-state index is 12.0. The van der Waals surface area contributed by atoms with Crippen LogP contribution in [0, 0.1) is 0 Å². The number of benzene rings is 2. The second-order valence-corrected chi connectivity index (χ2v) is 6.62. The fraction of sp³-hybridized carbons (Fsp3) is 0.409. The Hall–Kier alpha value is -2.41. The third-order valence-corrected chi connectivity index (χ3v) is 4.71. The molecule has 0 heterocycles. The van der Waals surface area contributed by atoms with Crippen LogP contribution in [-0.4, -0.2) is 52.2 Å². The first kappa shape index (κ1) is 20.3. The van der Waals surface area contributed by atoms with Crippen LogP contribution in [0.4, 0.5) is 4.79 Å². The summed E-state index contributed by atoms with van der Waals surface area (Å²) in [5, 5.41) is 2.78. The van der Waals surface area contributed by atoms with Crippen molar-refractivity contribution in [2.24, 2.45) is 5.73 Å². The summed E-state index contributed by atoms with van der Waals surface area (Å²) in [5.41, 5.74) is 10.2. The normalized spacial score (nSPS) is 12.5. The number of carbonyl (C=O) groups is 1. The summed E-state index contributed by atoms with van der Waals surface area (Å²) in [5.74, 6) is 0.0787. The zero-order valence-corrected chi connectivity index (χ0v) is 16.1. The second kappa shape index (κ2) is 10.8. The van der Waals surface area contributed by atoms with Gasteiger partial charge in [-0.1, -0.05) is 48.5 Å². The van der Waals surface area contributed by atoms with E-state index in [9.17, 15) is 4.79 Å². The van der Waals surface area contributed by atoms with Crippen molar-refractivity contribution in [2.75, 3.05) is 46.1 Å². The van der Waals surface area contributed by atoms with Crippen LogP contribution in [-0.2, 0) is 14.2 Å². The average Bonchev–Trinajstić information content (AvgIpc) is 3.05. The van der Waals surface area contributed by atoms with Crippen LogP contribution >= 0.6 is 0 Å². The van der Waals surface area contributed by atoms with Crippen molar-refractivity contribution < 1.29 is 19.0 Å². The van der Waals surface area contributed by atoms with E-state index in [0.29, 0.717) is 46.1 Å². The Kier molecular flexibility index (Phi) is 7.84. The summed E-state index contributed by atoms with van der Waals surface area (Å²) in [6, 6.07) is 16.6. The molecule has 0 aromatic heterocycles. The van der Waals surface area contributed by atoms with Gasteiger partial charge in [0.1, 0.15) is 6.61 Å². The standard InChI is InChI=1S/C22H28N2O4/c23-10-13-27-15-14-26-12-5-11-24-22(25)28-16-21-19-8-3-1-6-17(19)18-7-2-4-9-20(18)21/h1-4,6-9,21H,5,10-16,23H2,(H,24,25). The minimum Gasteiger partial charge on any atom is -0.449 e. The largest absolute Gasteiger partial charge is 0.449 e. The van der Waals surface area contributed by atoms with Crippen LogP contribution in [0.1, 0.15) is 23.5 Å². The summed E-state index contributed by atoms with van der Waals surface area (Å²) >= 11 is 0. The molecule has 0 unspecified atom stereocenters. The van der Waals surface area contributed by atoms with Gasteiger partial charge in [0.15, 0.2) is 0 Å². The van der Waals surface area contributed by atoms with Gasteiger partial charge < -0.3 is 25.3 Å². The Morgan fingerprint density at radius 3 is 2.14 bits per heavy atom. The first-order valence-electron chi connectivity index (χ1n) is 9.75. The first-order chi connectivity index (χ1) is 13.8. The van der Waals surface area contributed by atoms with E-state index in [4.69, 9.17) is 19.9 Å². The van der Waals surface area contributed by atoms with E-state index >= 15 is 0 Å². The molecule has 0 bridgehead atoms. The summed E-state index contributed by atoms with van der Waals surface area (Å²) in [7, 11) is 0. The number of alkyl carbamates (subject to hydrolysis) is 1. The molecule has 0 spiro atoms. The van der Waals surface area contributed by atoms with Gasteiger partial charge in [0.05, 0.1) is 19.8 Å². The second-order valence-electron chi connectivity index (χ2n) is 6.62. The lowest BCUT2D eigenvalue weighted by Crippen LogP contribution is -2.27. The molecule has 3 rings (SSSR count). The van der Waals surface area contributed by atoms with Gasteiger partial charge in [-0.2, -0.15) is 0 Å². The summed E-state index contributed by atoms with van der Waals surface area (Å²) < 4.78 is 16.1. The van der Waals surface area contributed by atoms with E-state index in [1.54, 1.807) is 0 Å². The van der Waals surface area contributed by atoms with Crippen LogP contribution in [0.25, 0.3) is 11.1 Å². The summed E-state index contributed by atoms with van der Waals surface area (Å²) in [6.07, 6.45) is 0.328. The smallest absolute Gasteiger partial charge is 0.407 e. The fourth-order valence-electron chi connectivity index (χ4n) is 3.42. The number of nitrogens with two attached hydrogens (primary N) is 1. The molecular formula is C22H28N2O4. The Labute approximate surface area is 166 Å². The van der Waals surface area contributed by atoms with Gasteiger partial charge in [0.25, 0.3) is 0 Å². The maximum Gasteiger partial charge on any atom is 0.407 e. The number of ether oxygens (including phenoxy) is 3. The van der Waals surface area contributed by atoms with E-state index < -0.39 is 6.09 Å². The molecule has 28 heavy (non-hydrogen) atoms. The summed E-state index contributed by atoms with van der Waals surface area (Å²) in [6.45, 7) is 3.55. The lowest BCUT2D eigenvalue weighted by atomic mass is 9.98. The lowest BCUT2D eigenvalue weighted by molar-refractivity contribution is 0.0497. The summed E-state index contributed by atoms with van der Waals surface area (Å²) in [4.78, 5) is 12.0. The predicted molar refractivity (Wildman–Crippen MR) is 108 cm³/mol. The molecule has 0 radical (unpaired) electrons. The minimum absolute atomic E-state index is 0.0787. The Morgan fingerprint density at radius 1 is 0.893 bits per heavy atom. The van der Waals surface area contributed by atoms with Crippen molar-refractivity contribution in [1.82, 2.24) is 5.32 Å². The van der Waals surface area contributed by atoms with E-state index in [1.165, 1.54) is 22.3 Å². The van der Waals surface area contributed by atoms with Crippen LogP contribution in [0.3, 0.4) is 0 Å². The van der Waals surface area contributed by atoms with Crippen molar-refractivity contribution in [3.63, 3.8) is 0 Å². The van der Waals surface area contributed by atoms with Gasteiger partial charge in [-0.15, -0.1) is 0 Å². The molecule has 2 aromatic rings. The fourth-order valence-corrected chi connectivity index (χ4v) is 3.42. The minimum atomic E-state index is -0.395. The number of hydrogen-bond acceptors (Lipinski definition) is 5. The number of amides is 1. The van der Waals surface area contributed by atoms with E-state index in [-0.39, 0.29) is 5.92 Å². The highest BCUT2D eigenvalue weighted by atomic mass is 16.5. The van der Waals surface area contributed by atoms with Crippen LogP contribution in [0.2, 0.25) is 0 Å². The van der Waals surface area contributed by atoms with Crippen LogP contribution < -0.4 is 11.1 Å². The number of hydrogen-bond donors (Lipinski definition) is 2. The zero-order valence-electron chi connectivity index (χ0n) is 16.1. The molecule has 1 aliphatic carbocycles. The molecule has 0 saturated heterocycles. The Morgan fingerprint density at radius 2 is 1.50 bits per heavy atom. The molecule has 2 aromatic carbocycles. The van der Waals surface area contributed by atoms with Gasteiger partial charge >= 0.3 is 6.09 Å². The predicted octanol–water partition coefficient (Wildman–Crippen LogP) is 2.91. The average molecular weight is 384 g/mol. The number of rotatable bonds is 11. The van der Waals surface area contributed by atoms with Gasteiger partial charge in [-0.25, -0.2) is 4.79 Å². The molecular weight excluding hydrogens is 356 g/mol. The number of nitrogens with one attached hydrogen (secondary N) is 1. The SMILES string of the molecule is NCCOCCOCCCNC(=O)OCC1c2ccccc2-c2ccccc21. The highest BCUT2D eigenvalue weighted by molar-refractivity contribution is 5.79. The van der Waals surface area contributed by atoms with Gasteiger partial charge in [-0.3, -0.25) is 0 Å². The van der Waals surface area contributed by atoms with Crippen molar-refractivity contribution in [1.29, 1.82) is 0 Å². The van der Waals surface area contributed by atoms with E-state index in [1.807, 2.05) is 24.3 Å². The molecule has 0 atom stereocenters. The molecule has 0 saturated carbocycles. The number of carbonyl (C=O) groups excluding carboxylic acids is 1. The van der Waals surface area contributed by atoms with E-state index in [2.05, 4.69) is 29.6 Å². The molecule has 0 fully saturated rings. The van der Waals surface area contributed by atoms with Gasteiger partial charge in [0.2, 0.25) is 0 Å². The maximum absolute atomic E-state index is 12.0. The molecule has 1 amide bonds. The molecule has 6 nitrogen and oxygen atoms in total. The van der Waals surface area contributed by atoms with Gasteiger partial charge in [0, 0.05) is 25.6 Å². The highest BCUT2D eigenvalue weighted by Crippen LogP contribution is 2.44. The van der Waals surface area contributed by atoms with Gasteiger partial charge in [-0.05, 0) is 28.7 Å². The van der Waals surface area contributed by atoms with Crippen LogP contribution in [0.5, 0.6) is 0 Å². The van der Waals surface area contributed by atoms with Crippen molar-refractivity contribution in [3.05, 3.63) is 59.7 Å². The lowest BCUT2D eigenvalue weighted by Gasteiger charge is -2.14. The monoisotopic (exact) mass is 384 g/mol. The molecule has 1 aliphatic rings. The molecule has 3 N–H and O–H groups in total. The Bertz CT molecular complexity index is 720. The Balaban J connectivity index is 1.37. The number of fused-ring (bicyclic) bond motifs is 3. The third-order valence-electron chi connectivity index (χ3n) is 4.71. The quantitative estimate of drug-likeness (QED) is 0.582. The van der Waals surface area contributed by atoms with Crippen molar-refractivity contribution in [2.45, 2.75) is 12.3 Å². The topological polar surface area (TPSA) is 82.8 Å². The van der Waals surface area contributed by atoms with Crippen molar-refractivity contribution >= 4 is 6.09 Å². The molecule has 6 heteroatoms. The van der Waals surface area contributed by atoms with Crippen LogP contribution in [0.15, 0.2) is 48.5 Å². The zero-order chi connectivity index (χ0) is 19.6. The molecule has 0 aliphatic heterocycles.